The van der Waals surface area contributed by atoms with E-state index in [1.54, 1.807) is 0 Å². The van der Waals surface area contributed by atoms with Gasteiger partial charge in [-0.05, 0) is 44.8 Å². The van der Waals surface area contributed by atoms with Gasteiger partial charge in [0, 0.05) is 0 Å². The lowest BCUT2D eigenvalue weighted by Gasteiger charge is -2.31. The Morgan fingerprint density at radius 2 is 1.40 bits per heavy atom. The summed E-state index contributed by atoms with van der Waals surface area (Å²) in [6.45, 7) is 8.74. The Hall–Kier alpha value is -0.340. The Labute approximate surface area is 150 Å². The minimum absolute atomic E-state index is 1.03. The predicted octanol–water partition coefficient (Wildman–Crippen LogP) is 5.25. The van der Waals surface area contributed by atoms with Crippen molar-refractivity contribution in [2.24, 2.45) is 5.92 Å². The SMILES string of the molecule is CCCCCCCCCN1CCC(CC)CC1.O=S(=O)(O)C(F)(F)F. The first-order valence-corrected chi connectivity index (χ1v) is 10.8. The van der Waals surface area contributed by atoms with E-state index in [9.17, 15) is 13.2 Å². The van der Waals surface area contributed by atoms with Crippen LogP contribution in [0.25, 0.3) is 0 Å². The van der Waals surface area contributed by atoms with E-state index in [0.717, 1.165) is 5.92 Å². The average Bonchev–Trinajstić information content (AvgIpc) is 2.53. The average molecular weight is 390 g/mol. The monoisotopic (exact) mass is 389 g/mol. The highest BCUT2D eigenvalue weighted by molar-refractivity contribution is 7.86. The van der Waals surface area contributed by atoms with Gasteiger partial charge in [-0.1, -0.05) is 58.8 Å². The summed E-state index contributed by atoms with van der Waals surface area (Å²) < 4.78 is 57.5. The van der Waals surface area contributed by atoms with Crippen molar-refractivity contribution in [3.63, 3.8) is 0 Å². The third kappa shape index (κ3) is 12.6. The summed E-state index contributed by atoms with van der Waals surface area (Å²) in [4.78, 5) is 2.69. The molecule has 0 spiro atoms. The molecule has 4 nitrogen and oxygen atoms in total. The number of likely N-dealkylation sites (tertiary alicyclic amines) is 1. The molecule has 0 radical (unpaired) electrons. The lowest BCUT2D eigenvalue weighted by atomic mass is 9.94. The van der Waals surface area contributed by atoms with Crippen molar-refractivity contribution >= 4 is 10.1 Å². The molecule has 0 aromatic rings. The smallest absolute Gasteiger partial charge is 0.303 e. The number of piperidine rings is 1. The second-order valence-corrected chi connectivity index (χ2v) is 8.15. The molecular weight excluding hydrogens is 355 g/mol. The quantitative estimate of drug-likeness (QED) is 0.332. The van der Waals surface area contributed by atoms with Gasteiger partial charge in [0.1, 0.15) is 0 Å². The van der Waals surface area contributed by atoms with E-state index < -0.39 is 15.6 Å². The van der Waals surface area contributed by atoms with Crippen molar-refractivity contribution in [1.29, 1.82) is 0 Å². The van der Waals surface area contributed by atoms with Gasteiger partial charge in [-0.15, -0.1) is 0 Å². The molecule has 1 saturated heterocycles. The van der Waals surface area contributed by atoms with Crippen LogP contribution in [0.5, 0.6) is 0 Å². The second kappa shape index (κ2) is 12.9. The van der Waals surface area contributed by atoms with Crippen LogP contribution in [-0.4, -0.2) is 43.0 Å². The van der Waals surface area contributed by atoms with E-state index in [1.807, 2.05) is 0 Å². The lowest BCUT2D eigenvalue weighted by Crippen LogP contribution is -2.34. The topological polar surface area (TPSA) is 57.6 Å². The van der Waals surface area contributed by atoms with Crippen molar-refractivity contribution in [2.75, 3.05) is 19.6 Å². The van der Waals surface area contributed by atoms with Gasteiger partial charge in [-0.3, -0.25) is 4.55 Å². The predicted molar refractivity (Wildman–Crippen MR) is 95.1 cm³/mol. The van der Waals surface area contributed by atoms with Crippen LogP contribution in [0.3, 0.4) is 0 Å². The zero-order valence-electron chi connectivity index (χ0n) is 15.5. The molecule has 1 rings (SSSR count). The van der Waals surface area contributed by atoms with Gasteiger partial charge in [0.2, 0.25) is 0 Å². The van der Waals surface area contributed by atoms with Crippen LogP contribution in [0.4, 0.5) is 13.2 Å². The summed E-state index contributed by atoms with van der Waals surface area (Å²) in [5, 5.41) is 0. The standard InChI is InChI=1S/C16H33N.CHF3O3S/c1-3-5-6-7-8-9-10-13-17-14-11-16(4-2)12-15-17;2-1(3,4)8(5,6)7/h16H,3-15H2,1-2H3;(H,5,6,7). The highest BCUT2D eigenvalue weighted by Gasteiger charge is 2.44. The Bertz CT molecular complexity index is 419. The van der Waals surface area contributed by atoms with Crippen molar-refractivity contribution in [1.82, 2.24) is 4.90 Å². The van der Waals surface area contributed by atoms with Crippen molar-refractivity contribution in [2.45, 2.75) is 83.6 Å². The first-order valence-electron chi connectivity index (χ1n) is 9.37. The molecule has 0 aromatic heterocycles. The van der Waals surface area contributed by atoms with Gasteiger partial charge < -0.3 is 4.90 Å². The van der Waals surface area contributed by atoms with E-state index in [1.165, 1.54) is 83.8 Å². The number of unbranched alkanes of at least 4 members (excludes halogenated alkanes) is 6. The molecule has 0 aliphatic carbocycles. The first-order chi connectivity index (χ1) is 11.6. The Kier molecular flexibility index (Phi) is 12.7. The summed E-state index contributed by atoms with van der Waals surface area (Å²) in [7, 11) is -5.84. The molecule has 0 saturated carbocycles. The van der Waals surface area contributed by atoms with Crippen molar-refractivity contribution < 1.29 is 26.1 Å². The molecule has 1 N–H and O–H groups in total. The van der Waals surface area contributed by atoms with E-state index in [-0.39, 0.29) is 0 Å². The molecule has 0 unspecified atom stereocenters. The fraction of sp³-hybridized carbons (Fsp3) is 1.00. The highest BCUT2D eigenvalue weighted by atomic mass is 32.2. The zero-order chi connectivity index (χ0) is 19.3. The Balaban J connectivity index is 0.000000609. The van der Waals surface area contributed by atoms with E-state index in [4.69, 9.17) is 13.0 Å². The highest BCUT2D eigenvalue weighted by Crippen LogP contribution is 2.21. The van der Waals surface area contributed by atoms with Crippen molar-refractivity contribution in [3.8, 4) is 0 Å². The summed E-state index contributed by atoms with van der Waals surface area (Å²) in [5.41, 5.74) is -5.53. The molecule has 8 heteroatoms. The second-order valence-electron chi connectivity index (χ2n) is 6.74. The first kappa shape index (κ1) is 24.7. The number of halogens is 3. The largest absolute Gasteiger partial charge is 0.522 e. The molecule has 1 aliphatic rings. The molecule has 1 heterocycles. The van der Waals surface area contributed by atoms with Gasteiger partial charge >= 0.3 is 15.6 Å². The van der Waals surface area contributed by atoms with Crippen LogP contribution in [0.15, 0.2) is 0 Å². The fourth-order valence-electron chi connectivity index (χ4n) is 2.91. The molecule has 25 heavy (non-hydrogen) atoms. The molecular formula is C17H34F3NO3S. The van der Waals surface area contributed by atoms with E-state index in [2.05, 4.69) is 18.7 Å². The number of hydrogen-bond donors (Lipinski definition) is 1. The molecule has 152 valence electrons. The van der Waals surface area contributed by atoms with Crippen LogP contribution in [0.2, 0.25) is 0 Å². The molecule has 0 atom stereocenters. The summed E-state index contributed by atoms with van der Waals surface area (Å²) >= 11 is 0. The number of nitrogens with zero attached hydrogens (tertiary/aromatic N) is 1. The summed E-state index contributed by atoms with van der Waals surface area (Å²) in [6, 6.07) is 0. The normalized spacial score (nSPS) is 17.2. The van der Waals surface area contributed by atoms with Gasteiger partial charge in [0.05, 0.1) is 0 Å². The van der Waals surface area contributed by atoms with E-state index in [0.29, 0.717) is 0 Å². The number of hydrogen-bond acceptors (Lipinski definition) is 3. The molecule has 1 fully saturated rings. The number of alkyl halides is 3. The molecule has 0 aromatic carbocycles. The van der Waals surface area contributed by atoms with Crippen LogP contribution >= 0.6 is 0 Å². The van der Waals surface area contributed by atoms with Gasteiger partial charge in [0.15, 0.2) is 0 Å². The summed E-state index contributed by atoms with van der Waals surface area (Å²) in [5.74, 6) is 1.03. The summed E-state index contributed by atoms with van der Waals surface area (Å²) in [6.07, 6.45) is 14.4. The molecule has 1 aliphatic heterocycles. The van der Waals surface area contributed by atoms with Crippen LogP contribution in [0.1, 0.15) is 78.1 Å². The van der Waals surface area contributed by atoms with Gasteiger partial charge in [-0.2, -0.15) is 21.6 Å². The molecule has 0 amide bonds. The Morgan fingerprint density at radius 3 is 1.80 bits per heavy atom. The van der Waals surface area contributed by atoms with Crippen LogP contribution in [-0.2, 0) is 10.1 Å². The maximum atomic E-state index is 10.7. The third-order valence-electron chi connectivity index (χ3n) is 4.65. The minimum atomic E-state index is -5.84. The Morgan fingerprint density at radius 1 is 0.960 bits per heavy atom. The zero-order valence-corrected chi connectivity index (χ0v) is 16.3. The van der Waals surface area contributed by atoms with Crippen LogP contribution in [0, 0.1) is 5.92 Å². The maximum absolute atomic E-state index is 10.7. The van der Waals surface area contributed by atoms with Crippen molar-refractivity contribution in [3.05, 3.63) is 0 Å². The lowest BCUT2D eigenvalue weighted by molar-refractivity contribution is -0.0510. The number of rotatable bonds is 9. The van der Waals surface area contributed by atoms with Crippen LogP contribution < -0.4 is 0 Å². The molecule has 0 bridgehead atoms. The van der Waals surface area contributed by atoms with Gasteiger partial charge in [0.25, 0.3) is 0 Å². The third-order valence-corrected chi connectivity index (χ3v) is 5.24. The van der Waals surface area contributed by atoms with Gasteiger partial charge in [-0.25, -0.2) is 0 Å². The minimum Gasteiger partial charge on any atom is -0.303 e. The maximum Gasteiger partial charge on any atom is 0.522 e. The van der Waals surface area contributed by atoms with E-state index >= 15 is 0 Å². The fourth-order valence-corrected chi connectivity index (χ4v) is 2.91.